The SMILES string of the molecule is O=C(CN1CCCC1=O)NCC1CNCCOC1. The third-order valence-corrected chi connectivity index (χ3v) is 3.30. The molecule has 1 atom stereocenters. The lowest BCUT2D eigenvalue weighted by Gasteiger charge is -2.18. The van der Waals surface area contributed by atoms with Gasteiger partial charge in [-0.2, -0.15) is 0 Å². The molecule has 0 bridgehead atoms. The highest BCUT2D eigenvalue weighted by Gasteiger charge is 2.22. The standard InChI is InChI=1S/C12H21N3O3/c16-11(8-15-4-1-2-12(15)17)14-7-10-6-13-3-5-18-9-10/h10,13H,1-9H2,(H,14,16). The topological polar surface area (TPSA) is 70.7 Å². The van der Waals surface area contributed by atoms with Crippen LogP contribution in [0.15, 0.2) is 0 Å². The molecule has 2 aliphatic heterocycles. The number of carbonyl (C=O) groups excluding carboxylic acids is 2. The van der Waals surface area contributed by atoms with Crippen LogP contribution in [0.25, 0.3) is 0 Å². The summed E-state index contributed by atoms with van der Waals surface area (Å²) in [5, 5.41) is 6.14. The summed E-state index contributed by atoms with van der Waals surface area (Å²) < 4.78 is 5.41. The Morgan fingerprint density at radius 1 is 1.56 bits per heavy atom. The number of hydrogen-bond donors (Lipinski definition) is 2. The van der Waals surface area contributed by atoms with E-state index >= 15 is 0 Å². The van der Waals surface area contributed by atoms with E-state index < -0.39 is 0 Å². The Bertz CT molecular complexity index is 301. The summed E-state index contributed by atoms with van der Waals surface area (Å²) in [6, 6.07) is 0. The molecule has 2 fully saturated rings. The fourth-order valence-corrected chi connectivity index (χ4v) is 2.25. The highest BCUT2D eigenvalue weighted by atomic mass is 16.5. The molecule has 6 nitrogen and oxygen atoms in total. The Labute approximate surface area is 107 Å². The minimum absolute atomic E-state index is 0.0745. The lowest BCUT2D eigenvalue weighted by atomic mass is 10.1. The maximum absolute atomic E-state index is 11.7. The van der Waals surface area contributed by atoms with E-state index in [1.54, 1.807) is 4.90 Å². The van der Waals surface area contributed by atoms with Gasteiger partial charge in [-0.3, -0.25) is 9.59 Å². The molecule has 102 valence electrons. The van der Waals surface area contributed by atoms with Crippen LogP contribution in [-0.2, 0) is 14.3 Å². The Kier molecular flexibility index (Phi) is 4.95. The van der Waals surface area contributed by atoms with Gasteiger partial charge in [0.25, 0.3) is 0 Å². The Morgan fingerprint density at radius 2 is 2.44 bits per heavy atom. The number of likely N-dealkylation sites (tertiary alicyclic amines) is 1. The molecule has 0 spiro atoms. The molecule has 2 amide bonds. The zero-order valence-electron chi connectivity index (χ0n) is 10.6. The number of rotatable bonds is 4. The second kappa shape index (κ2) is 6.70. The van der Waals surface area contributed by atoms with Gasteiger partial charge in [-0.15, -0.1) is 0 Å². The van der Waals surface area contributed by atoms with Crippen molar-refractivity contribution in [1.82, 2.24) is 15.5 Å². The van der Waals surface area contributed by atoms with Gasteiger partial charge in [-0.1, -0.05) is 0 Å². The summed E-state index contributed by atoms with van der Waals surface area (Å²) in [5.41, 5.74) is 0. The van der Waals surface area contributed by atoms with Crippen molar-refractivity contribution in [2.75, 3.05) is 45.9 Å². The van der Waals surface area contributed by atoms with Gasteiger partial charge in [0.1, 0.15) is 0 Å². The molecule has 2 N–H and O–H groups in total. The summed E-state index contributed by atoms with van der Waals surface area (Å²) in [6.45, 7) is 4.65. The van der Waals surface area contributed by atoms with Gasteiger partial charge in [-0.25, -0.2) is 0 Å². The summed E-state index contributed by atoms with van der Waals surface area (Å²) in [4.78, 5) is 24.7. The Hall–Kier alpha value is -1.14. The van der Waals surface area contributed by atoms with Crippen molar-refractivity contribution in [2.24, 2.45) is 5.92 Å². The molecule has 0 aromatic heterocycles. The van der Waals surface area contributed by atoms with Crippen LogP contribution >= 0.6 is 0 Å². The molecule has 0 saturated carbocycles. The van der Waals surface area contributed by atoms with Gasteiger partial charge in [-0.05, 0) is 6.42 Å². The van der Waals surface area contributed by atoms with Crippen molar-refractivity contribution in [2.45, 2.75) is 12.8 Å². The molecule has 2 saturated heterocycles. The minimum atomic E-state index is -0.0745. The third-order valence-electron chi connectivity index (χ3n) is 3.30. The zero-order chi connectivity index (χ0) is 12.8. The summed E-state index contributed by atoms with van der Waals surface area (Å²) in [6.07, 6.45) is 1.44. The average Bonchev–Trinajstić information content (AvgIpc) is 2.63. The second-order valence-electron chi connectivity index (χ2n) is 4.87. The first kappa shape index (κ1) is 13.3. The summed E-state index contributed by atoms with van der Waals surface area (Å²) in [7, 11) is 0. The van der Waals surface area contributed by atoms with Crippen molar-refractivity contribution in [3.05, 3.63) is 0 Å². The molecule has 2 rings (SSSR count). The van der Waals surface area contributed by atoms with Gasteiger partial charge in [0.15, 0.2) is 0 Å². The van der Waals surface area contributed by atoms with Gasteiger partial charge < -0.3 is 20.3 Å². The van der Waals surface area contributed by atoms with Crippen LogP contribution in [0.5, 0.6) is 0 Å². The predicted molar refractivity (Wildman–Crippen MR) is 66.0 cm³/mol. The number of nitrogens with zero attached hydrogens (tertiary/aromatic N) is 1. The molecule has 18 heavy (non-hydrogen) atoms. The molecular formula is C12H21N3O3. The lowest BCUT2D eigenvalue weighted by molar-refractivity contribution is -0.133. The highest BCUT2D eigenvalue weighted by molar-refractivity contribution is 5.85. The third kappa shape index (κ3) is 3.96. The smallest absolute Gasteiger partial charge is 0.239 e. The summed E-state index contributed by atoms with van der Waals surface area (Å²) in [5.74, 6) is 0.324. The normalized spacial score (nSPS) is 25.0. The highest BCUT2D eigenvalue weighted by Crippen LogP contribution is 2.08. The number of nitrogens with one attached hydrogen (secondary N) is 2. The van der Waals surface area contributed by atoms with E-state index in [1.807, 2.05) is 0 Å². The van der Waals surface area contributed by atoms with E-state index in [1.165, 1.54) is 0 Å². The molecule has 6 heteroatoms. The molecule has 0 radical (unpaired) electrons. The monoisotopic (exact) mass is 255 g/mol. The van der Waals surface area contributed by atoms with E-state index in [4.69, 9.17) is 4.74 Å². The first-order chi connectivity index (χ1) is 8.75. The van der Waals surface area contributed by atoms with E-state index in [-0.39, 0.29) is 18.4 Å². The van der Waals surface area contributed by atoms with E-state index in [0.29, 0.717) is 32.0 Å². The van der Waals surface area contributed by atoms with Crippen LogP contribution in [0.3, 0.4) is 0 Å². The fraction of sp³-hybridized carbons (Fsp3) is 0.833. The van der Waals surface area contributed by atoms with Gasteiger partial charge in [0.2, 0.25) is 11.8 Å². The number of ether oxygens (including phenoxy) is 1. The van der Waals surface area contributed by atoms with E-state index in [2.05, 4.69) is 10.6 Å². The van der Waals surface area contributed by atoms with E-state index in [0.717, 1.165) is 26.1 Å². The zero-order valence-corrected chi connectivity index (χ0v) is 10.6. The van der Waals surface area contributed by atoms with Crippen LogP contribution in [-0.4, -0.2) is 62.7 Å². The Balaban J connectivity index is 1.66. The maximum Gasteiger partial charge on any atom is 0.239 e. The molecule has 1 unspecified atom stereocenters. The number of carbonyl (C=O) groups is 2. The molecule has 2 aliphatic rings. The maximum atomic E-state index is 11.7. The van der Waals surface area contributed by atoms with Crippen molar-refractivity contribution >= 4 is 11.8 Å². The minimum Gasteiger partial charge on any atom is -0.380 e. The number of amides is 2. The molecule has 2 heterocycles. The van der Waals surface area contributed by atoms with Crippen molar-refractivity contribution in [1.29, 1.82) is 0 Å². The van der Waals surface area contributed by atoms with Crippen LogP contribution in [0.4, 0.5) is 0 Å². The van der Waals surface area contributed by atoms with Crippen LogP contribution < -0.4 is 10.6 Å². The lowest BCUT2D eigenvalue weighted by Crippen LogP contribution is -2.41. The van der Waals surface area contributed by atoms with Crippen LogP contribution in [0, 0.1) is 5.92 Å². The van der Waals surface area contributed by atoms with Crippen LogP contribution in [0.1, 0.15) is 12.8 Å². The molecule has 0 aliphatic carbocycles. The van der Waals surface area contributed by atoms with Gasteiger partial charge >= 0.3 is 0 Å². The quantitative estimate of drug-likeness (QED) is 0.673. The van der Waals surface area contributed by atoms with Crippen LogP contribution in [0.2, 0.25) is 0 Å². The average molecular weight is 255 g/mol. The van der Waals surface area contributed by atoms with Crippen molar-refractivity contribution in [3.63, 3.8) is 0 Å². The fourth-order valence-electron chi connectivity index (χ4n) is 2.25. The van der Waals surface area contributed by atoms with Gasteiger partial charge in [0, 0.05) is 38.5 Å². The second-order valence-corrected chi connectivity index (χ2v) is 4.87. The molecular weight excluding hydrogens is 234 g/mol. The van der Waals surface area contributed by atoms with Gasteiger partial charge in [0.05, 0.1) is 19.8 Å². The first-order valence-corrected chi connectivity index (χ1v) is 6.58. The number of hydrogen-bond acceptors (Lipinski definition) is 4. The van der Waals surface area contributed by atoms with Crippen molar-refractivity contribution in [3.8, 4) is 0 Å². The largest absolute Gasteiger partial charge is 0.380 e. The Morgan fingerprint density at radius 3 is 3.22 bits per heavy atom. The summed E-state index contributed by atoms with van der Waals surface area (Å²) >= 11 is 0. The van der Waals surface area contributed by atoms with Crippen molar-refractivity contribution < 1.29 is 14.3 Å². The first-order valence-electron chi connectivity index (χ1n) is 6.58. The molecule has 0 aromatic carbocycles. The van der Waals surface area contributed by atoms with E-state index in [9.17, 15) is 9.59 Å². The predicted octanol–water partition coefficient (Wildman–Crippen LogP) is -1.04. The molecule has 0 aromatic rings.